The van der Waals surface area contributed by atoms with Gasteiger partial charge in [-0.05, 0) is 49.6 Å². The maximum absolute atomic E-state index is 12.8. The highest BCUT2D eigenvalue weighted by Crippen LogP contribution is 2.42. The highest BCUT2D eigenvalue weighted by Gasteiger charge is 2.38. The average molecular weight is 479 g/mol. The van der Waals surface area contributed by atoms with Gasteiger partial charge < -0.3 is 10.1 Å². The normalized spacial score (nSPS) is 17.2. The van der Waals surface area contributed by atoms with Crippen LogP contribution in [0, 0.1) is 0 Å². The second-order valence-electron chi connectivity index (χ2n) is 8.27. The molecule has 0 radical (unpaired) electrons. The Kier molecular flexibility index (Phi) is 7.72. The van der Waals surface area contributed by atoms with Crippen molar-refractivity contribution in [1.82, 2.24) is 5.32 Å². The molecule has 0 spiro atoms. The largest absolute Gasteiger partial charge is 0.487 e. The molecule has 1 amide bonds. The van der Waals surface area contributed by atoms with Gasteiger partial charge in [0.25, 0.3) is 0 Å². The second kappa shape index (κ2) is 10.1. The van der Waals surface area contributed by atoms with Crippen molar-refractivity contribution >= 4 is 33.2 Å². The van der Waals surface area contributed by atoms with Gasteiger partial charge in [-0.15, -0.1) is 0 Å². The number of nitrogens with one attached hydrogen (secondary N) is 1. The third kappa shape index (κ3) is 5.75. The van der Waals surface area contributed by atoms with Crippen molar-refractivity contribution in [3.63, 3.8) is 0 Å². The zero-order valence-electron chi connectivity index (χ0n) is 18.8. The number of halogens is 1. The molecule has 1 aliphatic heterocycles. The van der Waals surface area contributed by atoms with Crippen LogP contribution in [0.25, 0.3) is 0 Å². The van der Waals surface area contributed by atoms with Gasteiger partial charge in [-0.25, -0.2) is 8.42 Å². The molecule has 0 saturated heterocycles. The number of fused-ring (bicyclic) bond motifs is 1. The molecule has 3 rings (SSSR count). The van der Waals surface area contributed by atoms with Crippen LogP contribution in [-0.2, 0) is 14.8 Å². The number of hydrogen-bond donors (Lipinski definition) is 1. The van der Waals surface area contributed by atoms with Gasteiger partial charge in [0.15, 0.2) is 0 Å². The van der Waals surface area contributed by atoms with Gasteiger partial charge in [0, 0.05) is 30.0 Å². The summed E-state index contributed by atoms with van der Waals surface area (Å²) < 4.78 is 32.1. The van der Waals surface area contributed by atoms with E-state index >= 15 is 0 Å². The first kappa shape index (κ1) is 24.4. The maximum Gasteiger partial charge on any atom is 0.232 e. The first-order valence-electron chi connectivity index (χ1n) is 11.0. The van der Waals surface area contributed by atoms with Crippen LogP contribution >= 0.6 is 11.6 Å². The first-order valence-corrected chi connectivity index (χ1v) is 13.2. The number of nitrogens with zero attached hydrogens (tertiary/aromatic N) is 1. The van der Waals surface area contributed by atoms with E-state index in [2.05, 4.69) is 19.2 Å². The van der Waals surface area contributed by atoms with Crippen LogP contribution in [0.5, 0.6) is 5.75 Å². The van der Waals surface area contributed by atoms with E-state index in [1.54, 1.807) is 24.3 Å². The minimum absolute atomic E-state index is 0.0997. The maximum atomic E-state index is 12.8. The zero-order chi connectivity index (χ0) is 23.4. The third-order valence-electron chi connectivity index (χ3n) is 6.10. The summed E-state index contributed by atoms with van der Waals surface area (Å²) in [5.74, 6) is 0.719. The Morgan fingerprint density at radius 2 is 1.81 bits per heavy atom. The van der Waals surface area contributed by atoms with E-state index in [1.807, 2.05) is 24.3 Å². The molecular weight excluding hydrogens is 448 g/mol. The van der Waals surface area contributed by atoms with Gasteiger partial charge in [0.05, 0.1) is 18.0 Å². The second-order valence-corrected chi connectivity index (χ2v) is 10.6. The summed E-state index contributed by atoms with van der Waals surface area (Å²) in [6, 6.07) is 14.3. The molecule has 2 aromatic carbocycles. The van der Waals surface area contributed by atoms with E-state index in [-0.39, 0.29) is 30.5 Å². The van der Waals surface area contributed by atoms with Crippen LogP contribution < -0.4 is 14.4 Å². The predicted molar refractivity (Wildman–Crippen MR) is 129 cm³/mol. The summed E-state index contributed by atoms with van der Waals surface area (Å²) in [5, 5.41) is 3.69. The van der Waals surface area contributed by atoms with E-state index < -0.39 is 10.0 Å². The Labute approximate surface area is 196 Å². The van der Waals surface area contributed by atoms with Crippen LogP contribution in [0.4, 0.5) is 5.69 Å². The highest BCUT2D eigenvalue weighted by molar-refractivity contribution is 7.92. The molecule has 1 aliphatic rings. The van der Waals surface area contributed by atoms with Crippen LogP contribution in [-0.4, -0.2) is 32.7 Å². The molecule has 1 heterocycles. The van der Waals surface area contributed by atoms with Gasteiger partial charge in [-0.2, -0.15) is 0 Å². The number of rotatable bonds is 9. The lowest BCUT2D eigenvalue weighted by Crippen LogP contribution is -2.44. The molecule has 174 valence electrons. The molecule has 0 aliphatic carbocycles. The van der Waals surface area contributed by atoms with Gasteiger partial charge >= 0.3 is 0 Å². The number of benzene rings is 2. The first-order chi connectivity index (χ1) is 15.2. The quantitative estimate of drug-likeness (QED) is 0.545. The summed E-state index contributed by atoms with van der Waals surface area (Å²) in [6.45, 7) is 4.42. The van der Waals surface area contributed by atoms with E-state index in [0.717, 1.165) is 30.4 Å². The number of carbonyl (C=O) groups is 1. The Morgan fingerprint density at radius 1 is 1.16 bits per heavy atom. The van der Waals surface area contributed by atoms with Crippen LogP contribution in [0.2, 0.25) is 5.02 Å². The molecule has 1 atom stereocenters. The molecule has 32 heavy (non-hydrogen) atoms. The molecular formula is C24H31ClN2O4S. The summed E-state index contributed by atoms with van der Waals surface area (Å²) in [4.78, 5) is 12.8. The lowest BCUT2D eigenvalue weighted by molar-refractivity contribution is -0.122. The number of hydrogen-bond acceptors (Lipinski definition) is 4. The van der Waals surface area contributed by atoms with Crippen molar-refractivity contribution in [2.75, 3.05) is 17.1 Å². The van der Waals surface area contributed by atoms with Gasteiger partial charge in [-0.3, -0.25) is 9.10 Å². The summed E-state index contributed by atoms with van der Waals surface area (Å²) >= 11 is 5.92. The lowest BCUT2D eigenvalue weighted by atomic mass is 9.83. The van der Waals surface area contributed by atoms with Crippen molar-refractivity contribution in [2.45, 2.75) is 57.6 Å². The number of amides is 1. The van der Waals surface area contributed by atoms with Crippen molar-refractivity contribution < 1.29 is 17.9 Å². The third-order valence-corrected chi connectivity index (χ3v) is 7.55. The van der Waals surface area contributed by atoms with E-state index in [0.29, 0.717) is 23.6 Å². The average Bonchev–Trinajstić information content (AvgIpc) is 2.76. The number of ether oxygens (including phenoxy) is 1. The fourth-order valence-corrected chi connectivity index (χ4v) is 5.26. The van der Waals surface area contributed by atoms with E-state index in [4.69, 9.17) is 16.3 Å². The van der Waals surface area contributed by atoms with Gasteiger partial charge in [0.2, 0.25) is 15.9 Å². The zero-order valence-corrected chi connectivity index (χ0v) is 20.4. The molecule has 0 fully saturated rings. The van der Waals surface area contributed by atoms with Gasteiger partial charge in [-0.1, -0.05) is 43.6 Å². The predicted octanol–water partition coefficient (Wildman–Crippen LogP) is 5.09. The van der Waals surface area contributed by atoms with Crippen molar-refractivity contribution in [2.24, 2.45) is 0 Å². The van der Waals surface area contributed by atoms with Crippen molar-refractivity contribution in [3.8, 4) is 5.75 Å². The Hall–Kier alpha value is -2.25. The standard InChI is InChI=1S/C24H31ClN2O4S/c1-4-24(5-2)17-21(20-9-6-7-10-22(20)31-24)26-23(28)11-8-16-27(32(3,29)30)19-14-12-18(25)13-15-19/h6-7,9-10,12-15,21H,4-5,8,11,16-17H2,1-3H3,(H,26,28)/t21-/m0/s1. The Bertz CT molecular complexity index is 1040. The fourth-order valence-electron chi connectivity index (χ4n) is 4.17. The summed E-state index contributed by atoms with van der Waals surface area (Å²) in [7, 11) is -3.48. The lowest BCUT2D eigenvalue weighted by Gasteiger charge is -2.41. The van der Waals surface area contributed by atoms with Crippen molar-refractivity contribution in [1.29, 1.82) is 0 Å². The smallest absolute Gasteiger partial charge is 0.232 e. The highest BCUT2D eigenvalue weighted by atomic mass is 35.5. The summed E-state index contributed by atoms with van der Waals surface area (Å²) in [6.07, 6.45) is 4.21. The van der Waals surface area contributed by atoms with Gasteiger partial charge in [0.1, 0.15) is 11.4 Å². The van der Waals surface area contributed by atoms with Crippen LogP contribution in [0.15, 0.2) is 48.5 Å². The van der Waals surface area contributed by atoms with Crippen molar-refractivity contribution in [3.05, 3.63) is 59.1 Å². The molecule has 0 bridgehead atoms. The molecule has 0 saturated carbocycles. The topological polar surface area (TPSA) is 75.7 Å². The minimum atomic E-state index is -3.48. The summed E-state index contributed by atoms with van der Waals surface area (Å²) in [5.41, 5.74) is 1.22. The number of sulfonamides is 1. The van der Waals surface area contributed by atoms with Crippen LogP contribution in [0.1, 0.15) is 57.6 Å². The van der Waals surface area contributed by atoms with E-state index in [1.165, 1.54) is 4.31 Å². The molecule has 6 nitrogen and oxygen atoms in total. The Morgan fingerprint density at radius 3 is 2.44 bits per heavy atom. The molecule has 0 unspecified atom stereocenters. The molecule has 1 N–H and O–H groups in total. The minimum Gasteiger partial charge on any atom is -0.487 e. The number of para-hydroxylation sites is 1. The monoisotopic (exact) mass is 478 g/mol. The molecule has 8 heteroatoms. The Balaban J connectivity index is 1.65. The SMILES string of the molecule is CCC1(CC)C[C@H](NC(=O)CCCN(c2ccc(Cl)cc2)S(C)(=O)=O)c2ccccc2O1. The number of anilines is 1. The number of carbonyl (C=O) groups excluding carboxylic acids is 1. The molecule has 0 aromatic heterocycles. The van der Waals surface area contributed by atoms with E-state index in [9.17, 15) is 13.2 Å². The van der Waals surface area contributed by atoms with Crippen LogP contribution in [0.3, 0.4) is 0 Å². The molecule has 2 aromatic rings. The fraction of sp³-hybridized carbons (Fsp3) is 0.458.